The zero-order valence-corrected chi connectivity index (χ0v) is 19.1. The van der Waals surface area contributed by atoms with Crippen LogP contribution in [-0.2, 0) is 24.3 Å². The molecule has 1 aromatic carbocycles. The smallest absolute Gasteiger partial charge is 0.220 e. The van der Waals surface area contributed by atoms with Crippen LogP contribution in [0, 0.1) is 39.0 Å². The normalized spacial score (nSPS) is 10.6. The van der Waals surface area contributed by atoms with Crippen LogP contribution < -0.4 is 10.1 Å². The van der Waals surface area contributed by atoms with Crippen molar-refractivity contribution in [2.24, 2.45) is 0 Å². The Labute approximate surface area is 189 Å². The highest BCUT2D eigenvalue weighted by Gasteiger charge is 2.13. The minimum atomic E-state index is -0.0238. The van der Waals surface area contributed by atoms with E-state index in [-0.39, 0.29) is 5.91 Å². The summed E-state index contributed by atoms with van der Waals surface area (Å²) >= 11 is 0. The third-order valence-corrected chi connectivity index (χ3v) is 5.41. The zero-order chi connectivity index (χ0) is 23.1. The van der Waals surface area contributed by atoms with E-state index in [0.717, 1.165) is 39.4 Å². The molecule has 3 aromatic rings. The van der Waals surface area contributed by atoms with Gasteiger partial charge in [-0.1, -0.05) is 18.2 Å². The Morgan fingerprint density at radius 3 is 2.72 bits per heavy atom. The Bertz CT molecular complexity index is 1130. The number of aryl methyl sites for hydroxylation is 4. The number of nitriles is 1. The van der Waals surface area contributed by atoms with Gasteiger partial charge in [-0.2, -0.15) is 10.4 Å². The molecule has 0 aliphatic heterocycles. The van der Waals surface area contributed by atoms with Gasteiger partial charge in [0.15, 0.2) is 0 Å². The standard InChI is InChI=1S/C25H29N5O2/c1-17-6-7-18(2)23(14-17)32-25-11-8-21(16-28-25)15-27-24(31)10-9-22-19(3)29-30(20(22)4)13-5-12-26/h6-8,11,14,16H,5,9-10,13,15H2,1-4H3,(H,27,31). The van der Waals surface area contributed by atoms with Crippen molar-refractivity contribution in [3.8, 4) is 17.7 Å². The van der Waals surface area contributed by atoms with Crippen LogP contribution >= 0.6 is 0 Å². The van der Waals surface area contributed by atoms with Gasteiger partial charge in [-0.15, -0.1) is 0 Å². The fraction of sp³-hybridized carbons (Fsp3) is 0.360. The van der Waals surface area contributed by atoms with Crippen molar-refractivity contribution in [2.45, 2.75) is 60.0 Å². The predicted octanol–water partition coefficient (Wildman–Crippen LogP) is 4.47. The Kier molecular flexibility index (Phi) is 7.61. The van der Waals surface area contributed by atoms with Crippen LogP contribution in [0.2, 0.25) is 0 Å². The van der Waals surface area contributed by atoms with Crippen LogP contribution in [-0.4, -0.2) is 20.7 Å². The molecular formula is C25H29N5O2. The summed E-state index contributed by atoms with van der Waals surface area (Å²) in [5.41, 5.74) is 6.10. The van der Waals surface area contributed by atoms with E-state index in [9.17, 15) is 4.79 Å². The van der Waals surface area contributed by atoms with Gasteiger partial charge in [0, 0.05) is 30.9 Å². The minimum Gasteiger partial charge on any atom is -0.439 e. The molecule has 1 amide bonds. The van der Waals surface area contributed by atoms with Gasteiger partial charge in [-0.25, -0.2) is 4.98 Å². The molecule has 1 N–H and O–H groups in total. The number of rotatable bonds is 9. The molecule has 0 saturated heterocycles. The first kappa shape index (κ1) is 23.0. The second kappa shape index (κ2) is 10.6. The Hall–Kier alpha value is -3.66. The first-order valence-electron chi connectivity index (χ1n) is 10.7. The van der Waals surface area contributed by atoms with Crippen LogP contribution in [0.25, 0.3) is 0 Å². The van der Waals surface area contributed by atoms with Gasteiger partial charge >= 0.3 is 0 Å². The second-order valence-corrected chi connectivity index (χ2v) is 7.93. The molecule has 7 nitrogen and oxygen atoms in total. The maximum absolute atomic E-state index is 12.3. The average Bonchev–Trinajstić information content (AvgIpc) is 3.05. The van der Waals surface area contributed by atoms with Crippen LogP contribution in [0.15, 0.2) is 36.5 Å². The Balaban J connectivity index is 1.50. The number of carbonyl (C=O) groups excluding carboxylic acids is 1. The first-order valence-corrected chi connectivity index (χ1v) is 10.7. The lowest BCUT2D eigenvalue weighted by Crippen LogP contribution is -2.23. The summed E-state index contributed by atoms with van der Waals surface area (Å²) in [5, 5.41) is 16.2. The average molecular weight is 432 g/mol. The van der Waals surface area contributed by atoms with E-state index in [1.807, 2.05) is 62.7 Å². The van der Waals surface area contributed by atoms with Gasteiger partial charge in [0.1, 0.15) is 5.75 Å². The third kappa shape index (κ3) is 5.94. The number of amides is 1. The van der Waals surface area contributed by atoms with E-state index < -0.39 is 0 Å². The highest BCUT2D eigenvalue weighted by Crippen LogP contribution is 2.24. The number of carbonyl (C=O) groups is 1. The van der Waals surface area contributed by atoms with Crippen LogP contribution in [0.3, 0.4) is 0 Å². The lowest BCUT2D eigenvalue weighted by atomic mass is 10.1. The van der Waals surface area contributed by atoms with E-state index in [1.165, 1.54) is 0 Å². The maximum Gasteiger partial charge on any atom is 0.220 e. The SMILES string of the molecule is Cc1ccc(C)c(Oc2ccc(CNC(=O)CCc3c(C)nn(CCC#N)c3C)cn2)c1. The molecule has 32 heavy (non-hydrogen) atoms. The summed E-state index contributed by atoms with van der Waals surface area (Å²) in [5.74, 6) is 1.29. The molecule has 2 aromatic heterocycles. The molecule has 0 atom stereocenters. The molecule has 3 rings (SSSR count). The van der Waals surface area contributed by atoms with Gasteiger partial charge in [0.2, 0.25) is 11.8 Å². The van der Waals surface area contributed by atoms with Crippen molar-refractivity contribution < 1.29 is 9.53 Å². The van der Waals surface area contributed by atoms with Crippen LogP contribution in [0.5, 0.6) is 11.6 Å². The number of pyridine rings is 1. The highest BCUT2D eigenvalue weighted by molar-refractivity contribution is 5.76. The van der Waals surface area contributed by atoms with E-state index in [4.69, 9.17) is 10.00 Å². The van der Waals surface area contributed by atoms with Gasteiger partial charge in [0.05, 0.1) is 24.7 Å². The van der Waals surface area contributed by atoms with Crippen LogP contribution in [0.4, 0.5) is 0 Å². The van der Waals surface area contributed by atoms with E-state index in [0.29, 0.717) is 38.2 Å². The van der Waals surface area contributed by atoms with E-state index in [2.05, 4.69) is 21.5 Å². The van der Waals surface area contributed by atoms with Gasteiger partial charge in [0.25, 0.3) is 0 Å². The number of benzene rings is 1. The predicted molar refractivity (Wildman–Crippen MR) is 122 cm³/mol. The summed E-state index contributed by atoms with van der Waals surface area (Å²) in [4.78, 5) is 16.7. The summed E-state index contributed by atoms with van der Waals surface area (Å²) in [6.07, 6.45) is 3.14. The quantitative estimate of drug-likeness (QED) is 0.540. The van der Waals surface area contributed by atoms with Gasteiger partial charge in [-0.05, 0) is 62.4 Å². The molecule has 166 valence electrons. The zero-order valence-electron chi connectivity index (χ0n) is 19.1. The molecule has 0 radical (unpaired) electrons. The fourth-order valence-electron chi connectivity index (χ4n) is 3.50. The number of hydrogen-bond acceptors (Lipinski definition) is 5. The van der Waals surface area contributed by atoms with Crippen molar-refractivity contribution >= 4 is 5.91 Å². The maximum atomic E-state index is 12.3. The van der Waals surface area contributed by atoms with Crippen molar-refractivity contribution in [3.63, 3.8) is 0 Å². The Morgan fingerprint density at radius 1 is 1.19 bits per heavy atom. The molecule has 0 spiro atoms. The molecule has 0 aliphatic rings. The number of hydrogen-bond donors (Lipinski definition) is 1. The molecule has 0 saturated carbocycles. The van der Waals surface area contributed by atoms with Crippen LogP contribution in [0.1, 0.15) is 46.5 Å². The molecule has 0 fully saturated rings. The highest BCUT2D eigenvalue weighted by atomic mass is 16.5. The Morgan fingerprint density at radius 2 is 2.00 bits per heavy atom. The summed E-state index contributed by atoms with van der Waals surface area (Å²) in [6.45, 7) is 8.93. The molecule has 0 unspecified atom stereocenters. The second-order valence-electron chi connectivity index (χ2n) is 7.93. The van der Waals surface area contributed by atoms with Crippen molar-refractivity contribution in [2.75, 3.05) is 0 Å². The number of ether oxygens (including phenoxy) is 1. The molecule has 7 heteroatoms. The molecule has 0 bridgehead atoms. The summed E-state index contributed by atoms with van der Waals surface area (Å²) < 4.78 is 7.73. The first-order chi connectivity index (χ1) is 15.4. The van der Waals surface area contributed by atoms with Gasteiger partial charge in [-0.3, -0.25) is 9.48 Å². The van der Waals surface area contributed by atoms with E-state index >= 15 is 0 Å². The monoisotopic (exact) mass is 431 g/mol. The lowest BCUT2D eigenvalue weighted by molar-refractivity contribution is -0.121. The fourth-order valence-corrected chi connectivity index (χ4v) is 3.50. The van der Waals surface area contributed by atoms with Gasteiger partial charge < -0.3 is 10.1 Å². The summed E-state index contributed by atoms with van der Waals surface area (Å²) in [6, 6.07) is 11.9. The minimum absolute atomic E-state index is 0.0238. The topological polar surface area (TPSA) is 92.8 Å². The van der Waals surface area contributed by atoms with Crippen molar-refractivity contribution in [3.05, 3.63) is 70.2 Å². The third-order valence-electron chi connectivity index (χ3n) is 5.41. The molecular weight excluding hydrogens is 402 g/mol. The van der Waals surface area contributed by atoms with E-state index in [1.54, 1.807) is 6.20 Å². The molecule has 2 heterocycles. The van der Waals surface area contributed by atoms with Crippen molar-refractivity contribution in [1.29, 1.82) is 5.26 Å². The van der Waals surface area contributed by atoms with Crippen molar-refractivity contribution in [1.82, 2.24) is 20.1 Å². The number of nitrogens with one attached hydrogen (secondary N) is 1. The number of aromatic nitrogens is 3. The summed E-state index contributed by atoms with van der Waals surface area (Å²) in [7, 11) is 0. The molecule has 0 aliphatic carbocycles. The largest absolute Gasteiger partial charge is 0.439 e. The number of nitrogens with zero attached hydrogens (tertiary/aromatic N) is 4. The lowest BCUT2D eigenvalue weighted by Gasteiger charge is -2.10.